The molecule has 0 amide bonds. The minimum absolute atomic E-state index is 0.0284. The van der Waals surface area contributed by atoms with Crippen LogP contribution in [0.2, 0.25) is 5.02 Å². The first kappa shape index (κ1) is 17.7. The lowest BCUT2D eigenvalue weighted by molar-refractivity contribution is -0.141. The topological polar surface area (TPSA) is 47.8 Å². The van der Waals surface area contributed by atoms with E-state index < -0.39 is 0 Å². The third-order valence-electron chi connectivity index (χ3n) is 6.90. The summed E-state index contributed by atoms with van der Waals surface area (Å²) in [5, 5.41) is 10.2. The van der Waals surface area contributed by atoms with Crippen LogP contribution in [-0.2, 0) is 11.8 Å². The van der Waals surface area contributed by atoms with Crippen molar-refractivity contribution in [1.82, 2.24) is 14.8 Å². The molecule has 1 aromatic carbocycles. The van der Waals surface area contributed by atoms with Crippen molar-refractivity contribution in [2.24, 2.45) is 30.2 Å². The van der Waals surface area contributed by atoms with Crippen LogP contribution < -0.4 is 0 Å². The van der Waals surface area contributed by atoms with E-state index in [9.17, 15) is 4.79 Å². The first-order chi connectivity index (χ1) is 13.0. The van der Waals surface area contributed by atoms with Gasteiger partial charge in [-0.3, -0.25) is 4.79 Å². The van der Waals surface area contributed by atoms with Gasteiger partial charge in [0.05, 0.1) is 5.75 Å². The summed E-state index contributed by atoms with van der Waals surface area (Å²) < 4.78 is 1.97. The summed E-state index contributed by atoms with van der Waals surface area (Å²) >= 11 is 7.51. The summed E-state index contributed by atoms with van der Waals surface area (Å²) in [6.07, 6.45) is 7.50. The van der Waals surface area contributed by atoms with Gasteiger partial charge in [0.25, 0.3) is 0 Å². The second-order valence-corrected chi connectivity index (χ2v) is 10.2. The smallest absolute Gasteiger partial charge is 0.191 e. The average Bonchev–Trinajstić information content (AvgIpc) is 3.00. The normalized spacial score (nSPS) is 31.4. The van der Waals surface area contributed by atoms with Gasteiger partial charge in [0.1, 0.15) is 5.78 Å². The summed E-state index contributed by atoms with van der Waals surface area (Å²) in [7, 11) is 1.96. The highest BCUT2D eigenvalue weighted by Gasteiger charge is 2.54. The molecule has 0 radical (unpaired) electrons. The van der Waals surface area contributed by atoms with Crippen LogP contribution in [0.25, 0.3) is 11.4 Å². The quantitative estimate of drug-likeness (QED) is 0.660. The summed E-state index contributed by atoms with van der Waals surface area (Å²) in [6.45, 7) is 0. The van der Waals surface area contributed by atoms with Gasteiger partial charge in [0, 0.05) is 23.0 Å². The third-order valence-corrected chi connectivity index (χ3v) is 8.17. The van der Waals surface area contributed by atoms with E-state index in [1.807, 2.05) is 35.9 Å². The fourth-order valence-corrected chi connectivity index (χ4v) is 7.10. The zero-order valence-corrected chi connectivity index (χ0v) is 17.1. The number of carbonyl (C=O) groups is 1. The average molecular weight is 402 g/mol. The Morgan fingerprint density at radius 2 is 1.70 bits per heavy atom. The molecule has 0 N–H and O–H groups in total. The predicted molar refractivity (Wildman–Crippen MR) is 108 cm³/mol. The van der Waals surface area contributed by atoms with E-state index >= 15 is 0 Å². The number of hydrogen-bond acceptors (Lipinski definition) is 4. The molecule has 4 saturated carbocycles. The van der Waals surface area contributed by atoms with Crippen molar-refractivity contribution < 1.29 is 4.79 Å². The Bertz CT molecular complexity index is 841. The molecule has 27 heavy (non-hydrogen) atoms. The van der Waals surface area contributed by atoms with Crippen LogP contribution in [0.3, 0.4) is 0 Å². The molecule has 6 heteroatoms. The number of Topliss-reactive ketones (excluding diaryl/α,β-unsaturated/α-hetero) is 1. The molecule has 4 aliphatic carbocycles. The monoisotopic (exact) mass is 401 g/mol. The number of ketones is 1. The molecule has 2 aromatic rings. The molecule has 142 valence electrons. The Hall–Kier alpha value is -1.33. The Morgan fingerprint density at radius 1 is 1.11 bits per heavy atom. The first-order valence-electron chi connectivity index (χ1n) is 9.84. The second-order valence-electron chi connectivity index (χ2n) is 8.78. The van der Waals surface area contributed by atoms with Crippen LogP contribution >= 0.6 is 23.4 Å². The molecule has 0 atom stereocenters. The van der Waals surface area contributed by atoms with Gasteiger partial charge < -0.3 is 4.57 Å². The van der Waals surface area contributed by atoms with Crippen LogP contribution in [0, 0.1) is 23.2 Å². The number of thioether (sulfide) groups is 1. The lowest BCUT2D eigenvalue weighted by Gasteiger charge is -2.56. The van der Waals surface area contributed by atoms with Gasteiger partial charge in [0.2, 0.25) is 0 Å². The van der Waals surface area contributed by atoms with Gasteiger partial charge in [-0.2, -0.15) is 0 Å². The van der Waals surface area contributed by atoms with E-state index in [1.54, 1.807) is 0 Å². The summed E-state index contributed by atoms with van der Waals surface area (Å²) in [6, 6.07) is 7.60. The van der Waals surface area contributed by atoms with Gasteiger partial charge >= 0.3 is 0 Å². The molecule has 0 saturated heterocycles. The Kier molecular flexibility index (Phi) is 4.36. The Balaban J connectivity index is 1.29. The van der Waals surface area contributed by atoms with E-state index in [2.05, 4.69) is 10.2 Å². The fraction of sp³-hybridized carbons (Fsp3) is 0.571. The van der Waals surface area contributed by atoms with Crippen molar-refractivity contribution in [2.45, 2.75) is 43.7 Å². The first-order valence-corrected chi connectivity index (χ1v) is 11.2. The molecule has 0 unspecified atom stereocenters. The second kappa shape index (κ2) is 6.63. The highest BCUT2D eigenvalue weighted by atomic mass is 35.5. The summed E-state index contributed by atoms with van der Waals surface area (Å²) in [5.41, 5.74) is 0.952. The molecule has 4 fully saturated rings. The zero-order chi connectivity index (χ0) is 18.6. The number of rotatable bonds is 5. The highest BCUT2D eigenvalue weighted by molar-refractivity contribution is 7.99. The Labute approximate surface area is 169 Å². The number of benzene rings is 1. The lowest BCUT2D eigenvalue weighted by Crippen LogP contribution is -2.50. The molecule has 0 spiro atoms. The standard InChI is InChI=1S/C21H24ClN3OS/c1-25-19(16-2-4-17(22)5-3-16)23-24-20(25)27-12-18(26)21-9-13-6-14(10-21)8-15(7-13)11-21/h2-5,13-15H,6-12H2,1H3. The predicted octanol–water partition coefficient (Wildman–Crippen LogP) is 5.01. The third kappa shape index (κ3) is 3.13. The van der Waals surface area contributed by atoms with E-state index in [1.165, 1.54) is 31.0 Å². The number of hydrogen-bond donors (Lipinski definition) is 0. The number of halogens is 1. The minimum atomic E-state index is -0.0284. The molecule has 4 nitrogen and oxygen atoms in total. The van der Waals surface area contributed by atoms with Crippen molar-refractivity contribution in [1.29, 1.82) is 0 Å². The lowest BCUT2D eigenvalue weighted by atomic mass is 9.48. The van der Waals surface area contributed by atoms with Crippen LogP contribution in [0.4, 0.5) is 0 Å². The number of aromatic nitrogens is 3. The van der Waals surface area contributed by atoms with Gasteiger partial charge in [0.15, 0.2) is 11.0 Å². The molecule has 0 aliphatic heterocycles. The van der Waals surface area contributed by atoms with Crippen LogP contribution in [0.15, 0.2) is 29.4 Å². The molecule has 4 bridgehead atoms. The molecule has 6 rings (SSSR count). The SMILES string of the molecule is Cn1c(SCC(=O)C23CC4CC(CC(C4)C2)C3)nnc1-c1ccc(Cl)cc1. The van der Waals surface area contributed by atoms with Gasteiger partial charge in [-0.25, -0.2) is 0 Å². The fourth-order valence-electron chi connectivity index (χ4n) is 6.03. The maximum Gasteiger partial charge on any atom is 0.191 e. The maximum atomic E-state index is 13.2. The van der Waals surface area contributed by atoms with Crippen LogP contribution in [-0.4, -0.2) is 26.3 Å². The number of nitrogens with zero attached hydrogens (tertiary/aromatic N) is 3. The molecule has 1 aromatic heterocycles. The zero-order valence-electron chi connectivity index (χ0n) is 15.5. The molecular weight excluding hydrogens is 378 g/mol. The van der Waals surface area contributed by atoms with Gasteiger partial charge in [-0.1, -0.05) is 23.4 Å². The molecule has 1 heterocycles. The van der Waals surface area contributed by atoms with Crippen molar-refractivity contribution in [3.8, 4) is 11.4 Å². The summed E-state index contributed by atoms with van der Waals surface area (Å²) in [4.78, 5) is 13.2. The van der Waals surface area contributed by atoms with E-state index in [0.717, 1.165) is 53.6 Å². The van der Waals surface area contributed by atoms with E-state index in [-0.39, 0.29) is 5.41 Å². The Morgan fingerprint density at radius 3 is 2.30 bits per heavy atom. The van der Waals surface area contributed by atoms with Crippen molar-refractivity contribution in [3.05, 3.63) is 29.3 Å². The van der Waals surface area contributed by atoms with Crippen LogP contribution in [0.5, 0.6) is 0 Å². The maximum absolute atomic E-state index is 13.2. The van der Waals surface area contributed by atoms with Crippen molar-refractivity contribution >= 4 is 29.1 Å². The summed E-state index contributed by atoms with van der Waals surface area (Å²) in [5.74, 6) is 4.17. The van der Waals surface area contributed by atoms with Crippen molar-refractivity contribution in [3.63, 3.8) is 0 Å². The number of carbonyl (C=O) groups excluding carboxylic acids is 1. The van der Waals surface area contributed by atoms with Gasteiger partial charge in [-0.05, 0) is 80.5 Å². The van der Waals surface area contributed by atoms with Crippen molar-refractivity contribution in [2.75, 3.05) is 5.75 Å². The largest absolute Gasteiger partial charge is 0.305 e. The molecule has 4 aliphatic rings. The highest BCUT2D eigenvalue weighted by Crippen LogP contribution is 2.60. The van der Waals surface area contributed by atoms with E-state index in [4.69, 9.17) is 11.6 Å². The van der Waals surface area contributed by atoms with Gasteiger partial charge in [-0.15, -0.1) is 10.2 Å². The minimum Gasteiger partial charge on any atom is -0.305 e. The van der Waals surface area contributed by atoms with Crippen LogP contribution in [0.1, 0.15) is 38.5 Å². The van der Waals surface area contributed by atoms with E-state index in [0.29, 0.717) is 16.6 Å². The molecular formula is C21H24ClN3OS.